The van der Waals surface area contributed by atoms with Gasteiger partial charge in [-0.25, -0.2) is 0 Å². The highest BCUT2D eigenvalue weighted by Crippen LogP contribution is 2.45. The van der Waals surface area contributed by atoms with Crippen LogP contribution in [-0.4, -0.2) is 5.71 Å². The summed E-state index contributed by atoms with van der Waals surface area (Å²) in [5.74, 6) is 0. The van der Waals surface area contributed by atoms with Crippen molar-refractivity contribution in [1.82, 2.24) is 0 Å². The van der Waals surface area contributed by atoms with Crippen LogP contribution in [0.3, 0.4) is 0 Å². The minimum absolute atomic E-state index is 0.0532. The van der Waals surface area contributed by atoms with E-state index in [9.17, 15) is 0 Å². The van der Waals surface area contributed by atoms with Gasteiger partial charge in [0.25, 0.3) is 0 Å². The van der Waals surface area contributed by atoms with Crippen LogP contribution in [0.5, 0.6) is 0 Å². The van der Waals surface area contributed by atoms with E-state index in [0.717, 1.165) is 16.8 Å². The summed E-state index contributed by atoms with van der Waals surface area (Å²) in [4.78, 5) is 5.25. The van der Waals surface area contributed by atoms with Crippen LogP contribution in [0, 0.1) is 0 Å². The molecule has 0 fully saturated rings. The Balaban J connectivity index is 1.42. The standard InChI is InChI=1S/C46H43N/c1-45(2,3)42-39-26-24-37(36-23-22-32-15-13-14-20-35(32)28-36)29-41(39)43(46(4,5)6)38-25-21-31(27-40(38)42)30-47-44(33-16-9-7-10-17-33)34-18-11-8-12-19-34/h7-29H,30H2,1-6H3. The van der Waals surface area contributed by atoms with E-state index in [1.165, 1.54) is 60.1 Å². The smallest absolute Gasteiger partial charge is 0.0723 e. The van der Waals surface area contributed by atoms with Gasteiger partial charge in [-0.3, -0.25) is 4.99 Å². The molecule has 232 valence electrons. The summed E-state index contributed by atoms with van der Waals surface area (Å²) in [5, 5.41) is 7.91. The van der Waals surface area contributed by atoms with Gasteiger partial charge in [0.15, 0.2) is 0 Å². The van der Waals surface area contributed by atoms with Crippen LogP contribution < -0.4 is 0 Å². The molecule has 7 rings (SSSR count). The van der Waals surface area contributed by atoms with Crippen LogP contribution in [-0.2, 0) is 17.4 Å². The van der Waals surface area contributed by atoms with Crippen molar-refractivity contribution in [2.75, 3.05) is 0 Å². The van der Waals surface area contributed by atoms with Gasteiger partial charge in [0.2, 0.25) is 0 Å². The van der Waals surface area contributed by atoms with Crippen LogP contribution in [0.4, 0.5) is 0 Å². The number of hydrogen-bond acceptors (Lipinski definition) is 1. The van der Waals surface area contributed by atoms with E-state index in [1.807, 2.05) is 0 Å². The maximum Gasteiger partial charge on any atom is 0.0723 e. The number of rotatable bonds is 5. The Morgan fingerprint density at radius 2 is 0.936 bits per heavy atom. The van der Waals surface area contributed by atoms with Crippen molar-refractivity contribution in [2.24, 2.45) is 4.99 Å². The molecule has 0 saturated carbocycles. The molecule has 7 aromatic carbocycles. The molecule has 0 aromatic heterocycles. The molecule has 0 saturated heterocycles. The number of nitrogens with zero attached hydrogens (tertiary/aromatic N) is 1. The van der Waals surface area contributed by atoms with Gasteiger partial charge in [-0.15, -0.1) is 0 Å². The lowest BCUT2D eigenvalue weighted by atomic mass is 9.73. The number of benzene rings is 7. The minimum atomic E-state index is -0.0570. The SMILES string of the molecule is CC(C)(C)c1c2ccc(-c3ccc4ccccc4c3)cc2c(C(C)(C)C)c2ccc(CN=C(c3ccccc3)c3ccccc3)cc12. The lowest BCUT2D eigenvalue weighted by Gasteiger charge is -2.31. The summed E-state index contributed by atoms with van der Waals surface area (Å²) in [6.45, 7) is 14.7. The fourth-order valence-corrected chi connectivity index (χ4v) is 7.25. The molecule has 1 heteroatoms. The second kappa shape index (κ2) is 12.0. The van der Waals surface area contributed by atoms with Gasteiger partial charge < -0.3 is 0 Å². The van der Waals surface area contributed by atoms with Crippen molar-refractivity contribution in [3.05, 3.63) is 167 Å². The molecule has 1 nitrogen and oxygen atoms in total. The van der Waals surface area contributed by atoms with Crippen LogP contribution >= 0.6 is 0 Å². The van der Waals surface area contributed by atoms with E-state index in [4.69, 9.17) is 4.99 Å². The largest absolute Gasteiger partial charge is 0.279 e. The predicted molar refractivity (Wildman–Crippen MR) is 204 cm³/mol. The molecule has 0 atom stereocenters. The van der Waals surface area contributed by atoms with Gasteiger partial charge in [-0.1, -0.05) is 163 Å². The zero-order valence-corrected chi connectivity index (χ0v) is 28.4. The van der Waals surface area contributed by atoms with Crippen molar-refractivity contribution in [3.8, 4) is 11.1 Å². The lowest BCUT2D eigenvalue weighted by Crippen LogP contribution is -2.18. The molecule has 0 radical (unpaired) electrons. The number of fused-ring (bicyclic) bond motifs is 3. The molecular weight excluding hydrogens is 567 g/mol. The Kier molecular flexibility index (Phi) is 7.80. The van der Waals surface area contributed by atoms with Gasteiger partial charge in [-0.2, -0.15) is 0 Å². The molecule has 0 heterocycles. The lowest BCUT2D eigenvalue weighted by molar-refractivity contribution is 0.593. The maximum atomic E-state index is 5.25. The Morgan fingerprint density at radius 3 is 1.53 bits per heavy atom. The molecule has 0 aliphatic carbocycles. The molecule has 0 N–H and O–H groups in total. The third-order valence-electron chi connectivity index (χ3n) is 9.28. The predicted octanol–water partition coefficient (Wildman–Crippen LogP) is 12.4. The van der Waals surface area contributed by atoms with Crippen molar-refractivity contribution >= 4 is 38.0 Å². The summed E-state index contributed by atoms with van der Waals surface area (Å²) < 4.78 is 0. The molecule has 0 spiro atoms. The van der Waals surface area contributed by atoms with Crippen LogP contribution in [0.2, 0.25) is 0 Å². The van der Waals surface area contributed by atoms with Crippen LogP contribution in [0.25, 0.3) is 43.4 Å². The van der Waals surface area contributed by atoms with E-state index in [-0.39, 0.29) is 10.8 Å². The van der Waals surface area contributed by atoms with Crippen molar-refractivity contribution in [2.45, 2.75) is 58.9 Å². The molecular formula is C46H43N. The van der Waals surface area contributed by atoms with Crippen LogP contribution in [0.15, 0.2) is 145 Å². The Labute approximate surface area is 279 Å². The normalized spacial score (nSPS) is 12.1. The fraction of sp³-hybridized carbons (Fsp3) is 0.196. The van der Waals surface area contributed by atoms with Gasteiger partial charge in [0, 0.05) is 11.1 Å². The third-order valence-corrected chi connectivity index (χ3v) is 9.28. The van der Waals surface area contributed by atoms with Crippen molar-refractivity contribution in [3.63, 3.8) is 0 Å². The summed E-state index contributed by atoms with van der Waals surface area (Å²) in [7, 11) is 0. The summed E-state index contributed by atoms with van der Waals surface area (Å²) in [6.07, 6.45) is 0. The second-order valence-electron chi connectivity index (χ2n) is 14.8. The zero-order chi connectivity index (χ0) is 32.8. The molecule has 7 aromatic rings. The molecule has 0 unspecified atom stereocenters. The number of hydrogen-bond donors (Lipinski definition) is 0. The maximum absolute atomic E-state index is 5.25. The molecule has 0 bridgehead atoms. The first kappa shape index (κ1) is 30.6. The zero-order valence-electron chi connectivity index (χ0n) is 28.4. The quantitative estimate of drug-likeness (QED) is 0.136. The summed E-state index contributed by atoms with van der Waals surface area (Å²) >= 11 is 0. The Bertz CT molecular complexity index is 2220. The third kappa shape index (κ3) is 5.99. The minimum Gasteiger partial charge on any atom is -0.279 e. The van der Waals surface area contributed by atoms with Gasteiger partial charge in [0.1, 0.15) is 0 Å². The highest BCUT2D eigenvalue weighted by molar-refractivity contribution is 6.13. The number of aliphatic imine (C=N–C) groups is 1. The van der Waals surface area contributed by atoms with E-state index in [0.29, 0.717) is 6.54 Å². The van der Waals surface area contributed by atoms with E-state index in [1.54, 1.807) is 0 Å². The van der Waals surface area contributed by atoms with E-state index < -0.39 is 0 Å². The summed E-state index contributed by atoms with van der Waals surface area (Å²) in [5.41, 5.74) is 9.73. The van der Waals surface area contributed by atoms with Crippen molar-refractivity contribution in [1.29, 1.82) is 0 Å². The summed E-state index contributed by atoms with van der Waals surface area (Å²) in [6, 6.07) is 50.7. The molecule has 0 amide bonds. The molecule has 0 aliphatic rings. The first-order chi connectivity index (χ1) is 22.6. The van der Waals surface area contributed by atoms with E-state index >= 15 is 0 Å². The fourth-order valence-electron chi connectivity index (χ4n) is 7.25. The van der Waals surface area contributed by atoms with Crippen molar-refractivity contribution < 1.29 is 0 Å². The first-order valence-electron chi connectivity index (χ1n) is 16.8. The molecule has 0 aliphatic heterocycles. The monoisotopic (exact) mass is 609 g/mol. The highest BCUT2D eigenvalue weighted by atomic mass is 14.7. The Morgan fingerprint density at radius 1 is 0.447 bits per heavy atom. The van der Waals surface area contributed by atoms with Gasteiger partial charge >= 0.3 is 0 Å². The average molecular weight is 610 g/mol. The van der Waals surface area contributed by atoms with Crippen LogP contribution in [0.1, 0.15) is 69.4 Å². The van der Waals surface area contributed by atoms with E-state index in [2.05, 4.69) is 181 Å². The topological polar surface area (TPSA) is 12.4 Å². The molecule has 47 heavy (non-hydrogen) atoms. The average Bonchev–Trinajstić information content (AvgIpc) is 3.06. The highest BCUT2D eigenvalue weighted by Gasteiger charge is 2.28. The van der Waals surface area contributed by atoms with Gasteiger partial charge in [0.05, 0.1) is 12.3 Å². The Hall–Kier alpha value is -5.01. The second-order valence-corrected chi connectivity index (χ2v) is 14.8. The van der Waals surface area contributed by atoms with Gasteiger partial charge in [-0.05, 0) is 89.2 Å². The first-order valence-corrected chi connectivity index (χ1v) is 16.8.